The van der Waals surface area contributed by atoms with Crippen LogP contribution < -0.4 is 16.2 Å². The van der Waals surface area contributed by atoms with Crippen LogP contribution >= 0.6 is 0 Å². The van der Waals surface area contributed by atoms with Gasteiger partial charge in [0, 0.05) is 6.20 Å². The maximum atomic E-state index is 12.6. The van der Waals surface area contributed by atoms with Crippen LogP contribution in [0.3, 0.4) is 0 Å². The number of hydrogen-bond acceptors (Lipinski definition) is 4. The first kappa shape index (κ1) is 19.5. The number of halogens is 3. The number of ether oxygens (including phenoxy) is 1. The van der Waals surface area contributed by atoms with Gasteiger partial charge in [-0.2, -0.15) is 13.2 Å². The zero-order valence-corrected chi connectivity index (χ0v) is 13.5. The van der Waals surface area contributed by atoms with Crippen molar-refractivity contribution in [2.24, 2.45) is 0 Å². The summed E-state index contributed by atoms with van der Waals surface area (Å²) in [6.45, 7) is 6.25. The second kappa shape index (κ2) is 6.93. The summed E-state index contributed by atoms with van der Waals surface area (Å²) in [7, 11) is 0. The van der Waals surface area contributed by atoms with Gasteiger partial charge in [-0.1, -0.05) is 0 Å². The van der Waals surface area contributed by atoms with Crippen LogP contribution in [0.2, 0.25) is 0 Å². The zero-order valence-electron chi connectivity index (χ0n) is 13.5. The molecule has 1 heterocycles. The molecule has 0 spiro atoms. The molecule has 7 nitrogen and oxygen atoms in total. The van der Waals surface area contributed by atoms with E-state index in [-0.39, 0.29) is 0 Å². The highest BCUT2D eigenvalue weighted by atomic mass is 19.4. The summed E-state index contributed by atoms with van der Waals surface area (Å²) in [4.78, 5) is 36.8. The van der Waals surface area contributed by atoms with Gasteiger partial charge in [-0.15, -0.1) is 0 Å². The molecular weight excluding hydrogens is 331 g/mol. The van der Waals surface area contributed by atoms with E-state index < -0.39 is 46.6 Å². The van der Waals surface area contributed by atoms with E-state index in [2.05, 4.69) is 5.32 Å². The van der Waals surface area contributed by atoms with E-state index in [1.54, 1.807) is 20.8 Å². The number of hydrogen-bond donors (Lipinski definition) is 3. The minimum absolute atomic E-state index is 0.495. The van der Waals surface area contributed by atoms with E-state index in [1.807, 2.05) is 10.3 Å². The number of aromatic nitrogens is 1. The van der Waals surface area contributed by atoms with Crippen molar-refractivity contribution in [3.8, 4) is 0 Å². The van der Waals surface area contributed by atoms with E-state index in [9.17, 15) is 27.6 Å². The average Bonchev–Trinajstić information content (AvgIpc) is 2.37. The standard InChI is InChI=1S/C14H18F3N3O4/c1-7(11(22)24-13(2,3)4)19-12(23)20-9-5-8(14(15,16)17)6-18-10(9)21/h5-7H,1-4H3,(H,18,21)(H2,19,20,23)/t7-/m1/s1. The first-order valence-electron chi connectivity index (χ1n) is 6.90. The van der Waals surface area contributed by atoms with Crippen molar-refractivity contribution in [1.82, 2.24) is 10.3 Å². The molecule has 0 unspecified atom stereocenters. The fourth-order valence-corrected chi connectivity index (χ4v) is 1.54. The lowest BCUT2D eigenvalue weighted by molar-refractivity contribution is -0.156. The van der Waals surface area contributed by atoms with Gasteiger partial charge in [-0.05, 0) is 33.8 Å². The summed E-state index contributed by atoms with van der Waals surface area (Å²) in [5.41, 5.74) is -3.40. The Balaban J connectivity index is 2.78. The molecule has 24 heavy (non-hydrogen) atoms. The second-order valence-corrected chi connectivity index (χ2v) is 5.98. The van der Waals surface area contributed by atoms with E-state index in [4.69, 9.17) is 4.74 Å². The Hall–Kier alpha value is -2.52. The van der Waals surface area contributed by atoms with Crippen molar-refractivity contribution >= 4 is 17.7 Å². The van der Waals surface area contributed by atoms with Crippen LogP contribution in [0.15, 0.2) is 17.1 Å². The van der Waals surface area contributed by atoms with E-state index >= 15 is 0 Å². The molecule has 1 aromatic rings. The van der Waals surface area contributed by atoms with Gasteiger partial charge >= 0.3 is 18.2 Å². The molecule has 0 radical (unpaired) electrons. The van der Waals surface area contributed by atoms with Gasteiger partial charge in [0.2, 0.25) is 0 Å². The molecule has 0 fully saturated rings. The molecule has 0 aliphatic rings. The predicted molar refractivity (Wildman–Crippen MR) is 79.5 cm³/mol. The largest absolute Gasteiger partial charge is 0.458 e. The fourth-order valence-electron chi connectivity index (χ4n) is 1.54. The molecule has 0 saturated heterocycles. The quantitative estimate of drug-likeness (QED) is 0.729. The van der Waals surface area contributed by atoms with Gasteiger partial charge in [0.25, 0.3) is 5.56 Å². The third kappa shape index (κ3) is 5.94. The number of amides is 2. The molecule has 0 aliphatic carbocycles. The van der Waals surface area contributed by atoms with Gasteiger partial charge in [-0.25, -0.2) is 9.59 Å². The molecule has 0 aliphatic heterocycles. The Kier molecular flexibility index (Phi) is 5.64. The van der Waals surface area contributed by atoms with Crippen molar-refractivity contribution in [2.45, 2.75) is 45.5 Å². The van der Waals surface area contributed by atoms with Crippen molar-refractivity contribution in [1.29, 1.82) is 0 Å². The van der Waals surface area contributed by atoms with Gasteiger partial charge < -0.3 is 20.4 Å². The van der Waals surface area contributed by atoms with Crippen LogP contribution in [0, 0.1) is 0 Å². The Morgan fingerprint density at radius 2 is 1.83 bits per heavy atom. The van der Waals surface area contributed by atoms with Gasteiger partial charge in [0.15, 0.2) is 0 Å². The maximum Gasteiger partial charge on any atom is 0.417 e. The number of rotatable bonds is 3. The molecule has 0 bridgehead atoms. The summed E-state index contributed by atoms with van der Waals surface area (Å²) in [5, 5.41) is 4.15. The summed E-state index contributed by atoms with van der Waals surface area (Å²) in [5.74, 6) is -0.726. The molecule has 134 valence electrons. The van der Waals surface area contributed by atoms with Crippen molar-refractivity contribution in [2.75, 3.05) is 5.32 Å². The maximum absolute atomic E-state index is 12.6. The summed E-state index contributed by atoms with van der Waals surface area (Å²) in [6, 6.07) is -1.58. The van der Waals surface area contributed by atoms with Gasteiger partial charge in [0.05, 0.1) is 5.56 Å². The molecule has 0 saturated carbocycles. The fraction of sp³-hybridized carbons (Fsp3) is 0.500. The highest BCUT2D eigenvalue weighted by Crippen LogP contribution is 2.29. The topological polar surface area (TPSA) is 100 Å². The van der Waals surface area contributed by atoms with Crippen LogP contribution in [0.25, 0.3) is 0 Å². The summed E-state index contributed by atoms with van der Waals surface area (Å²) >= 11 is 0. The number of esters is 1. The number of aromatic amines is 1. The van der Waals surface area contributed by atoms with E-state index in [1.165, 1.54) is 6.92 Å². The molecule has 1 aromatic heterocycles. The minimum Gasteiger partial charge on any atom is -0.458 e. The number of carbonyl (C=O) groups excluding carboxylic acids is 2. The highest BCUT2D eigenvalue weighted by Gasteiger charge is 2.31. The molecular formula is C14H18F3N3O4. The lowest BCUT2D eigenvalue weighted by Crippen LogP contribution is -2.44. The average molecular weight is 349 g/mol. The van der Waals surface area contributed by atoms with Crippen molar-refractivity contribution < 1.29 is 27.5 Å². The Bertz CT molecular complexity index is 677. The van der Waals surface area contributed by atoms with Crippen LogP contribution in [0.1, 0.15) is 33.3 Å². The third-order valence-corrected chi connectivity index (χ3v) is 2.59. The Morgan fingerprint density at radius 3 is 2.33 bits per heavy atom. The van der Waals surface area contributed by atoms with Gasteiger partial charge in [0.1, 0.15) is 17.3 Å². The predicted octanol–water partition coefficient (Wildman–Crippen LogP) is 2.25. The van der Waals surface area contributed by atoms with Crippen LogP contribution in [-0.4, -0.2) is 28.6 Å². The first-order valence-corrected chi connectivity index (χ1v) is 6.90. The summed E-state index contributed by atoms with van der Waals surface area (Å²) < 4.78 is 42.8. The molecule has 10 heteroatoms. The highest BCUT2D eigenvalue weighted by molar-refractivity contribution is 5.92. The number of H-pyrrole nitrogens is 1. The van der Waals surface area contributed by atoms with Gasteiger partial charge in [-0.3, -0.25) is 4.79 Å². The SMILES string of the molecule is C[C@@H](NC(=O)Nc1cc(C(F)(F)F)c[nH]c1=O)C(=O)OC(C)(C)C. The number of urea groups is 1. The summed E-state index contributed by atoms with van der Waals surface area (Å²) in [6.07, 6.45) is -4.18. The minimum atomic E-state index is -4.68. The number of pyridine rings is 1. The zero-order chi connectivity index (χ0) is 18.7. The van der Waals surface area contributed by atoms with E-state index in [0.717, 1.165) is 0 Å². The lowest BCUT2D eigenvalue weighted by atomic mass is 10.2. The Labute approximate surface area is 135 Å². The Morgan fingerprint density at radius 1 is 1.25 bits per heavy atom. The van der Waals surface area contributed by atoms with Crippen LogP contribution in [0.5, 0.6) is 0 Å². The monoisotopic (exact) mass is 349 g/mol. The normalized spacial score (nSPS) is 13.1. The number of nitrogens with one attached hydrogen (secondary N) is 3. The van der Waals surface area contributed by atoms with Crippen LogP contribution in [-0.2, 0) is 15.7 Å². The molecule has 1 atom stereocenters. The lowest BCUT2D eigenvalue weighted by Gasteiger charge is -2.22. The first-order chi connectivity index (χ1) is 10.8. The number of alkyl halides is 3. The third-order valence-electron chi connectivity index (χ3n) is 2.59. The molecule has 1 rings (SSSR count). The second-order valence-electron chi connectivity index (χ2n) is 5.98. The smallest absolute Gasteiger partial charge is 0.417 e. The number of carbonyl (C=O) groups is 2. The van der Waals surface area contributed by atoms with Crippen molar-refractivity contribution in [3.05, 3.63) is 28.2 Å². The molecule has 0 aromatic carbocycles. The van der Waals surface area contributed by atoms with Crippen LogP contribution in [0.4, 0.5) is 23.7 Å². The van der Waals surface area contributed by atoms with Crippen molar-refractivity contribution in [3.63, 3.8) is 0 Å². The van der Waals surface area contributed by atoms with E-state index in [0.29, 0.717) is 12.3 Å². The molecule has 3 N–H and O–H groups in total. The molecule has 2 amide bonds. The number of anilines is 1.